The molecule has 1 fully saturated rings. The number of aliphatic hydroxyl groups is 2. The Kier molecular flexibility index (Phi) is 2.67. The Morgan fingerprint density at radius 2 is 1.29 bits per heavy atom. The SMILES string of the molecule is OCC12CC=CCC1(CO)CCCC2. The van der Waals surface area contributed by atoms with Crippen molar-refractivity contribution in [2.45, 2.75) is 38.5 Å². The average molecular weight is 196 g/mol. The summed E-state index contributed by atoms with van der Waals surface area (Å²) in [5.74, 6) is 0. The number of aliphatic hydroxyl groups excluding tert-OH is 2. The molecule has 1 saturated carbocycles. The Hall–Kier alpha value is -0.340. The van der Waals surface area contributed by atoms with Crippen LogP contribution in [0, 0.1) is 10.8 Å². The van der Waals surface area contributed by atoms with E-state index in [-0.39, 0.29) is 24.0 Å². The van der Waals surface area contributed by atoms with Gasteiger partial charge in [0.05, 0.1) is 0 Å². The zero-order valence-electron chi connectivity index (χ0n) is 8.71. The van der Waals surface area contributed by atoms with Gasteiger partial charge in [0, 0.05) is 24.0 Å². The number of fused-ring (bicyclic) bond motifs is 1. The maximum atomic E-state index is 9.63. The van der Waals surface area contributed by atoms with Crippen LogP contribution in [0.4, 0.5) is 0 Å². The molecule has 0 aromatic rings. The number of allylic oxidation sites excluding steroid dienone is 2. The van der Waals surface area contributed by atoms with E-state index >= 15 is 0 Å². The zero-order chi connectivity index (χ0) is 10.1. The van der Waals surface area contributed by atoms with Crippen molar-refractivity contribution in [1.29, 1.82) is 0 Å². The second-order valence-electron chi connectivity index (χ2n) is 4.96. The maximum Gasteiger partial charge on any atom is 0.0496 e. The zero-order valence-corrected chi connectivity index (χ0v) is 8.71. The standard InChI is InChI=1S/C12H20O2/c13-9-11-5-1-2-6-12(11,10-14)8-4-3-7-11/h1-2,13-14H,3-10H2. The third-order valence-corrected chi connectivity index (χ3v) is 4.47. The van der Waals surface area contributed by atoms with E-state index in [1.165, 1.54) is 12.8 Å². The lowest BCUT2D eigenvalue weighted by Gasteiger charge is -2.53. The van der Waals surface area contributed by atoms with Gasteiger partial charge in [0.25, 0.3) is 0 Å². The molecular weight excluding hydrogens is 176 g/mol. The van der Waals surface area contributed by atoms with Crippen molar-refractivity contribution in [2.24, 2.45) is 10.8 Å². The smallest absolute Gasteiger partial charge is 0.0496 e. The van der Waals surface area contributed by atoms with Crippen LogP contribution < -0.4 is 0 Å². The molecule has 0 aliphatic heterocycles. The van der Waals surface area contributed by atoms with Gasteiger partial charge in [-0.3, -0.25) is 0 Å². The van der Waals surface area contributed by atoms with Crippen LogP contribution in [0.1, 0.15) is 38.5 Å². The van der Waals surface area contributed by atoms with Gasteiger partial charge in [-0.2, -0.15) is 0 Å². The molecule has 0 aromatic heterocycles. The molecule has 2 N–H and O–H groups in total. The van der Waals surface area contributed by atoms with E-state index in [2.05, 4.69) is 12.2 Å². The van der Waals surface area contributed by atoms with Crippen molar-refractivity contribution in [1.82, 2.24) is 0 Å². The molecule has 0 aromatic carbocycles. The molecule has 2 unspecified atom stereocenters. The molecule has 0 saturated heterocycles. The summed E-state index contributed by atoms with van der Waals surface area (Å²) in [5, 5.41) is 19.3. The molecule has 2 heteroatoms. The van der Waals surface area contributed by atoms with Crippen molar-refractivity contribution in [3.8, 4) is 0 Å². The fourth-order valence-electron chi connectivity index (χ4n) is 3.33. The summed E-state index contributed by atoms with van der Waals surface area (Å²) in [5.41, 5.74) is -0.0382. The first kappa shape index (κ1) is 10.2. The Morgan fingerprint density at radius 3 is 1.64 bits per heavy atom. The van der Waals surface area contributed by atoms with Crippen molar-refractivity contribution in [2.75, 3.05) is 13.2 Å². The molecule has 2 aliphatic carbocycles. The average Bonchev–Trinajstić information content (AvgIpc) is 2.28. The van der Waals surface area contributed by atoms with Crippen LogP contribution in [0.3, 0.4) is 0 Å². The lowest BCUT2D eigenvalue weighted by atomic mass is 9.52. The second kappa shape index (κ2) is 3.67. The molecular formula is C12H20O2. The summed E-state index contributed by atoms with van der Waals surface area (Å²) >= 11 is 0. The summed E-state index contributed by atoms with van der Waals surface area (Å²) in [6.07, 6.45) is 10.8. The lowest BCUT2D eigenvalue weighted by Crippen LogP contribution is -2.50. The van der Waals surface area contributed by atoms with Crippen LogP contribution in [0.5, 0.6) is 0 Å². The third kappa shape index (κ3) is 1.24. The van der Waals surface area contributed by atoms with Gasteiger partial charge in [-0.25, -0.2) is 0 Å². The fourth-order valence-corrected chi connectivity index (χ4v) is 3.33. The van der Waals surface area contributed by atoms with Gasteiger partial charge in [0.1, 0.15) is 0 Å². The molecule has 2 aliphatic rings. The molecule has 80 valence electrons. The molecule has 0 bridgehead atoms. The highest BCUT2D eigenvalue weighted by Gasteiger charge is 2.51. The molecule has 2 nitrogen and oxygen atoms in total. The van der Waals surface area contributed by atoms with Crippen LogP contribution in [0.25, 0.3) is 0 Å². The predicted octanol–water partition coefficient (Wildman–Crippen LogP) is 1.87. The Bertz CT molecular complexity index is 212. The van der Waals surface area contributed by atoms with Crippen molar-refractivity contribution >= 4 is 0 Å². The van der Waals surface area contributed by atoms with Gasteiger partial charge >= 0.3 is 0 Å². The normalized spacial score (nSPS) is 42.1. The van der Waals surface area contributed by atoms with Crippen LogP contribution in [0.2, 0.25) is 0 Å². The summed E-state index contributed by atoms with van der Waals surface area (Å²) in [6, 6.07) is 0. The first-order chi connectivity index (χ1) is 6.79. The molecule has 0 amide bonds. The summed E-state index contributed by atoms with van der Waals surface area (Å²) in [4.78, 5) is 0. The van der Waals surface area contributed by atoms with E-state index in [1.54, 1.807) is 0 Å². The quantitative estimate of drug-likeness (QED) is 0.662. The predicted molar refractivity (Wildman–Crippen MR) is 55.9 cm³/mol. The molecule has 0 heterocycles. The Labute approximate surface area is 85.6 Å². The van der Waals surface area contributed by atoms with Crippen LogP contribution in [0.15, 0.2) is 12.2 Å². The van der Waals surface area contributed by atoms with Gasteiger partial charge < -0.3 is 10.2 Å². The van der Waals surface area contributed by atoms with Crippen molar-refractivity contribution < 1.29 is 10.2 Å². The fraction of sp³-hybridized carbons (Fsp3) is 0.833. The maximum absolute atomic E-state index is 9.63. The van der Waals surface area contributed by atoms with Gasteiger partial charge in [-0.15, -0.1) is 0 Å². The summed E-state index contributed by atoms with van der Waals surface area (Å²) in [7, 11) is 0. The highest BCUT2D eigenvalue weighted by Crippen LogP contribution is 2.56. The van der Waals surface area contributed by atoms with Crippen LogP contribution in [-0.4, -0.2) is 23.4 Å². The molecule has 2 atom stereocenters. The first-order valence-electron chi connectivity index (χ1n) is 5.65. The van der Waals surface area contributed by atoms with E-state index in [4.69, 9.17) is 0 Å². The monoisotopic (exact) mass is 196 g/mol. The molecule has 0 radical (unpaired) electrons. The van der Waals surface area contributed by atoms with E-state index in [0.717, 1.165) is 25.7 Å². The lowest BCUT2D eigenvalue weighted by molar-refractivity contribution is -0.0898. The van der Waals surface area contributed by atoms with Gasteiger partial charge in [0.2, 0.25) is 0 Å². The van der Waals surface area contributed by atoms with Crippen LogP contribution in [-0.2, 0) is 0 Å². The van der Waals surface area contributed by atoms with E-state index in [9.17, 15) is 10.2 Å². The largest absolute Gasteiger partial charge is 0.396 e. The van der Waals surface area contributed by atoms with E-state index < -0.39 is 0 Å². The Balaban J connectivity index is 2.33. The Morgan fingerprint density at radius 1 is 0.857 bits per heavy atom. The minimum atomic E-state index is -0.0191. The second-order valence-corrected chi connectivity index (χ2v) is 4.96. The van der Waals surface area contributed by atoms with Gasteiger partial charge in [-0.1, -0.05) is 25.0 Å². The first-order valence-corrected chi connectivity index (χ1v) is 5.65. The van der Waals surface area contributed by atoms with Gasteiger partial charge in [0.15, 0.2) is 0 Å². The number of hydrogen-bond acceptors (Lipinski definition) is 2. The minimum Gasteiger partial charge on any atom is -0.396 e. The highest BCUT2D eigenvalue weighted by molar-refractivity contribution is 5.11. The highest BCUT2D eigenvalue weighted by atomic mass is 16.3. The van der Waals surface area contributed by atoms with E-state index in [0.29, 0.717) is 0 Å². The van der Waals surface area contributed by atoms with E-state index in [1.807, 2.05) is 0 Å². The number of rotatable bonds is 2. The van der Waals surface area contributed by atoms with Crippen molar-refractivity contribution in [3.05, 3.63) is 12.2 Å². The molecule has 0 spiro atoms. The van der Waals surface area contributed by atoms with Gasteiger partial charge in [-0.05, 0) is 25.7 Å². The summed E-state index contributed by atoms with van der Waals surface area (Å²) < 4.78 is 0. The van der Waals surface area contributed by atoms with Crippen LogP contribution >= 0.6 is 0 Å². The minimum absolute atomic E-state index is 0.0191. The number of hydrogen-bond donors (Lipinski definition) is 2. The summed E-state index contributed by atoms with van der Waals surface area (Å²) in [6.45, 7) is 0.468. The van der Waals surface area contributed by atoms with Crippen molar-refractivity contribution in [3.63, 3.8) is 0 Å². The third-order valence-electron chi connectivity index (χ3n) is 4.47. The molecule has 2 rings (SSSR count). The molecule has 14 heavy (non-hydrogen) atoms. The topological polar surface area (TPSA) is 40.5 Å².